The molecule has 1 heterocycles. The van der Waals surface area contributed by atoms with E-state index in [1.807, 2.05) is 45.0 Å². The van der Waals surface area contributed by atoms with Gasteiger partial charge in [-0.15, -0.1) is 0 Å². The molecule has 33 heavy (non-hydrogen) atoms. The van der Waals surface area contributed by atoms with Gasteiger partial charge in [-0.3, -0.25) is 4.79 Å². The van der Waals surface area contributed by atoms with Crippen LogP contribution in [0.5, 0.6) is 11.5 Å². The smallest absolute Gasteiger partial charge is 0.349 e. The van der Waals surface area contributed by atoms with Crippen LogP contribution in [0.25, 0.3) is 22.3 Å². The van der Waals surface area contributed by atoms with E-state index in [0.717, 1.165) is 16.7 Å². The SMILES string of the molecule is Cc1ccc(-c2oc3cc(C)c(C)cc3c(=O)c2OC(=O)COc2ccc(Cl)cc2Cl)cc1. The van der Waals surface area contributed by atoms with Crippen molar-refractivity contribution in [2.75, 3.05) is 6.61 Å². The van der Waals surface area contributed by atoms with Crippen molar-refractivity contribution >= 4 is 40.1 Å². The highest BCUT2D eigenvalue weighted by atomic mass is 35.5. The molecule has 5 nitrogen and oxygen atoms in total. The van der Waals surface area contributed by atoms with E-state index < -0.39 is 18.0 Å². The minimum atomic E-state index is -0.773. The molecule has 4 rings (SSSR count). The fourth-order valence-corrected chi connectivity index (χ4v) is 3.76. The fourth-order valence-electron chi connectivity index (χ4n) is 3.29. The van der Waals surface area contributed by atoms with Gasteiger partial charge in [0.2, 0.25) is 11.2 Å². The molecule has 0 atom stereocenters. The quantitative estimate of drug-likeness (QED) is 0.297. The summed E-state index contributed by atoms with van der Waals surface area (Å²) in [6, 6.07) is 15.6. The standard InChI is InChI=1S/C26H20Cl2O5/c1-14-4-6-17(7-5-14)25-26(24(30)19-10-15(2)16(3)11-22(19)32-25)33-23(29)13-31-21-9-8-18(27)12-20(21)28/h4-12H,13H2,1-3H3. The first-order valence-electron chi connectivity index (χ1n) is 10.2. The minimum absolute atomic E-state index is 0.175. The van der Waals surface area contributed by atoms with Gasteiger partial charge in [0, 0.05) is 10.6 Å². The molecular weight excluding hydrogens is 463 g/mol. The van der Waals surface area contributed by atoms with Crippen LogP contribution >= 0.6 is 23.2 Å². The molecule has 0 N–H and O–H groups in total. The maximum Gasteiger partial charge on any atom is 0.349 e. The molecule has 0 radical (unpaired) electrons. The van der Waals surface area contributed by atoms with E-state index in [4.69, 9.17) is 37.1 Å². The van der Waals surface area contributed by atoms with E-state index in [-0.39, 0.29) is 22.3 Å². The molecule has 0 spiro atoms. The highest BCUT2D eigenvalue weighted by Gasteiger charge is 2.21. The van der Waals surface area contributed by atoms with Crippen LogP contribution in [-0.4, -0.2) is 12.6 Å². The van der Waals surface area contributed by atoms with Crippen molar-refractivity contribution in [3.05, 3.63) is 91.6 Å². The number of aryl methyl sites for hydroxylation is 3. The number of carbonyl (C=O) groups is 1. The Morgan fingerprint density at radius 3 is 2.33 bits per heavy atom. The molecule has 0 bridgehead atoms. The van der Waals surface area contributed by atoms with Crippen LogP contribution in [0, 0.1) is 20.8 Å². The van der Waals surface area contributed by atoms with E-state index in [1.54, 1.807) is 24.3 Å². The van der Waals surface area contributed by atoms with E-state index >= 15 is 0 Å². The van der Waals surface area contributed by atoms with E-state index in [0.29, 0.717) is 21.6 Å². The lowest BCUT2D eigenvalue weighted by Gasteiger charge is -2.13. The Labute approximate surface area is 200 Å². The zero-order valence-electron chi connectivity index (χ0n) is 18.2. The number of rotatable bonds is 5. The molecule has 0 aliphatic heterocycles. The molecular formula is C26H20Cl2O5. The van der Waals surface area contributed by atoms with Gasteiger partial charge in [0.15, 0.2) is 12.4 Å². The van der Waals surface area contributed by atoms with E-state index in [9.17, 15) is 9.59 Å². The van der Waals surface area contributed by atoms with Crippen molar-refractivity contribution < 1.29 is 18.7 Å². The predicted octanol–water partition coefficient (Wildman–Crippen LogP) is 6.68. The molecule has 0 saturated carbocycles. The van der Waals surface area contributed by atoms with Gasteiger partial charge in [0.25, 0.3) is 0 Å². The third-order valence-electron chi connectivity index (χ3n) is 5.23. The average Bonchev–Trinajstić information content (AvgIpc) is 2.77. The molecule has 3 aromatic carbocycles. The lowest BCUT2D eigenvalue weighted by molar-refractivity contribution is -0.136. The first kappa shape index (κ1) is 22.9. The summed E-state index contributed by atoms with van der Waals surface area (Å²) in [6.07, 6.45) is 0. The van der Waals surface area contributed by atoms with Gasteiger partial charge >= 0.3 is 5.97 Å². The van der Waals surface area contributed by atoms with E-state index in [2.05, 4.69) is 0 Å². The molecule has 0 saturated heterocycles. The van der Waals surface area contributed by atoms with Crippen LogP contribution in [0.3, 0.4) is 0 Å². The monoisotopic (exact) mass is 482 g/mol. The second kappa shape index (κ2) is 9.30. The predicted molar refractivity (Wildman–Crippen MR) is 130 cm³/mol. The first-order valence-corrected chi connectivity index (χ1v) is 10.9. The second-order valence-electron chi connectivity index (χ2n) is 7.73. The maximum atomic E-state index is 13.3. The van der Waals surface area contributed by atoms with Crippen molar-refractivity contribution in [2.45, 2.75) is 20.8 Å². The summed E-state index contributed by atoms with van der Waals surface area (Å²) in [4.78, 5) is 26.0. The first-order chi connectivity index (χ1) is 15.7. The third-order valence-corrected chi connectivity index (χ3v) is 5.76. The summed E-state index contributed by atoms with van der Waals surface area (Å²) in [6.45, 7) is 5.33. The number of carbonyl (C=O) groups excluding carboxylic acids is 1. The largest absolute Gasteiger partial charge is 0.480 e. The molecule has 0 aliphatic rings. The Hall–Kier alpha value is -3.28. The molecule has 4 aromatic rings. The molecule has 0 unspecified atom stereocenters. The number of ether oxygens (including phenoxy) is 2. The van der Waals surface area contributed by atoms with Gasteiger partial charge in [0.1, 0.15) is 11.3 Å². The highest BCUT2D eigenvalue weighted by Crippen LogP contribution is 2.32. The Kier molecular flexibility index (Phi) is 6.45. The summed E-state index contributed by atoms with van der Waals surface area (Å²) < 4.78 is 17.0. The summed E-state index contributed by atoms with van der Waals surface area (Å²) in [5, 5.41) is 1.03. The van der Waals surface area contributed by atoms with Crippen LogP contribution in [0.2, 0.25) is 10.0 Å². The molecule has 1 aromatic heterocycles. The molecule has 0 fully saturated rings. The van der Waals surface area contributed by atoms with Gasteiger partial charge < -0.3 is 13.9 Å². The van der Waals surface area contributed by atoms with Crippen molar-refractivity contribution in [3.8, 4) is 22.8 Å². The summed E-state index contributed by atoms with van der Waals surface area (Å²) in [5.74, 6) is -0.516. The normalized spacial score (nSPS) is 10.9. The molecule has 7 heteroatoms. The number of fused-ring (bicyclic) bond motifs is 1. The average molecular weight is 483 g/mol. The Bertz CT molecular complexity index is 1420. The number of hydrogen-bond donors (Lipinski definition) is 0. The van der Waals surface area contributed by atoms with Crippen LogP contribution < -0.4 is 14.9 Å². The van der Waals surface area contributed by atoms with Crippen LogP contribution in [0.4, 0.5) is 0 Å². The summed E-state index contributed by atoms with van der Waals surface area (Å²) in [5.41, 5.74) is 3.55. The lowest BCUT2D eigenvalue weighted by Crippen LogP contribution is -2.22. The molecule has 0 aliphatic carbocycles. The lowest BCUT2D eigenvalue weighted by atomic mass is 10.0. The van der Waals surface area contributed by atoms with Crippen molar-refractivity contribution in [3.63, 3.8) is 0 Å². The Balaban J connectivity index is 1.72. The van der Waals surface area contributed by atoms with Crippen molar-refractivity contribution in [2.24, 2.45) is 0 Å². The Morgan fingerprint density at radius 1 is 0.939 bits per heavy atom. The minimum Gasteiger partial charge on any atom is -0.480 e. The molecule has 168 valence electrons. The number of hydrogen-bond acceptors (Lipinski definition) is 5. The van der Waals surface area contributed by atoms with Gasteiger partial charge in [-0.25, -0.2) is 4.79 Å². The topological polar surface area (TPSA) is 65.7 Å². The van der Waals surface area contributed by atoms with Crippen LogP contribution in [0.15, 0.2) is 63.8 Å². The van der Waals surface area contributed by atoms with E-state index in [1.165, 1.54) is 6.07 Å². The zero-order chi connectivity index (χ0) is 23.7. The summed E-state index contributed by atoms with van der Waals surface area (Å²) >= 11 is 12.0. The fraction of sp³-hybridized carbons (Fsp3) is 0.154. The third kappa shape index (κ3) is 4.90. The number of halogens is 2. The zero-order valence-corrected chi connectivity index (χ0v) is 19.7. The van der Waals surface area contributed by atoms with Gasteiger partial charge in [-0.2, -0.15) is 0 Å². The van der Waals surface area contributed by atoms with Gasteiger partial charge in [0.05, 0.1) is 10.4 Å². The van der Waals surface area contributed by atoms with Crippen molar-refractivity contribution in [1.82, 2.24) is 0 Å². The van der Waals surface area contributed by atoms with Crippen molar-refractivity contribution in [1.29, 1.82) is 0 Å². The molecule has 0 amide bonds. The van der Waals surface area contributed by atoms with Gasteiger partial charge in [-0.05, 0) is 62.2 Å². The van der Waals surface area contributed by atoms with Crippen LogP contribution in [0.1, 0.15) is 16.7 Å². The summed E-state index contributed by atoms with van der Waals surface area (Å²) in [7, 11) is 0. The number of esters is 1. The second-order valence-corrected chi connectivity index (χ2v) is 8.57. The highest BCUT2D eigenvalue weighted by molar-refractivity contribution is 6.35. The maximum absolute atomic E-state index is 13.3. The Morgan fingerprint density at radius 2 is 1.64 bits per heavy atom. The number of benzene rings is 3. The van der Waals surface area contributed by atoms with Gasteiger partial charge in [-0.1, -0.05) is 53.0 Å². The van der Waals surface area contributed by atoms with Crippen LogP contribution in [-0.2, 0) is 4.79 Å².